The molecule has 1 unspecified atom stereocenters. The third-order valence-electron chi connectivity index (χ3n) is 4.78. The summed E-state index contributed by atoms with van der Waals surface area (Å²) in [6.07, 6.45) is 3.39. The molecule has 0 saturated carbocycles. The van der Waals surface area contributed by atoms with Gasteiger partial charge in [-0.05, 0) is 29.7 Å². The van der Waals surface area contributed by atoms with Crippen LogP contribution in [0.3, 0.4) is 0 Å². The van der Waals surface area contributed by atoms with Gasteiger partial charge < -0.3 is 20.2 Å². The molecular weight excluding hydrogens is 358 g/mol. The van der Waals surface area contributed by atoms with E-state index < -0.39 is 11.9 Å². The van der Waals surface area contributed by atoms with Gasteiger partial charge in [0.1, 0.15) is 12.1 Å². The number of methoxy groups -OCH3 is 1. The van der Waals surface area contributed by atoms with Crippen LogP contribution in [0.5, 0.6) is 0 Å². The van der Waals surface area contributed by atoms with Gasteiger partial charge in [0, 0.05) is 33.2 Å². The van der Waals surface area contributed by atoms with E-state index in [0.717, 1.165) is 43.7 Å². The van der Waals surface area contributed by atoms with Gasteiger partial charge in [-0.25, -0.2) is 4.98 Å². The number of nitriles is 1. The molecule has 1 atom stereocenters. The number of carbonyl (C=O) groups is 1. The smallest absolute Gasteiger partial charge is 0.238 e. The van der Waals surface area contributed by atoms with Crippen LogP contribution in [-0.2, 0) is 16.0 Å². The van der Waals surface area contributed by atoms with E-state index in [1.807, 2.05) is 24.3 Å². The second kappa shape index (κ2) is 9.46. The number of rotatable bonds is 8. The number of benzene rings is 1. The standard InChI is InChI=1S/C20H25N5O3/c1-27-11-10-25-8-4-14(5-9-25)15-2-3-17-18(12-15)28-19(24-17)13-16(22)20(26)23-7-6-21/h2-4,12,16H,5,7-11,13,22H2,1H3,(H,23,26). The van der Waals surface area contributed by atoms with Gasteiger partial charge in [-0.3, -0.25) is 9.69 Å². The fourth-order valence-corrected chi connectivity index (χ4v) is 3.19. The fourth-order valence-electron chi connectivity index (χ4n) is 3.19. The summed E-state index contributed by atoms with van der Waals surface area (Å²) >= 11 is 0. The first kappa shape index (κ1) is 20.0. The molecule has 0 radical (unpaired) electrons. The summed E-state index contributed by atoms with van der Waals surface area (Å²) in [6.45, 7) is 3.52. The van der Waals surface area contributed by atoms with Gasteiger partial charge in [-0.15, -0.1) is 0 Å². The Bertz CT molecular complexity index is 899. The van der Waals surface area contributed by atoms with Crippen LogP contribution in [0, 0.1) is 11.3 Å². The van der Waals surface area contributed by atoms with Crippen molar-refractivity contribution >= 4 is 22.6 Å². The van der Waals surface area contributed by atoms with Gasteiger partial charge in [0.15, 0.2) is 11.5 Å². The van der Waals surface area contributed by atoms with Crippen molar-refractivity contribution in [3.05, 3.63) is 35.7 Å². The van der Waals surface area contributed by atoms with Gasteiger partial charge >= 0.3 is 0 Å². The SMILES string of the molecule is COCCN1CC=C(c2ccc3nc(CC(N)C(=O)NCC#N)oc3c2)CC1. The molecule has 0 fully saturated rings. The topological polar surface area (TPSA) is 117 Å². The molecule has 28 heavy (non-hydrogen) atoms. The summed E-state index contributed by atoms with van der Waals surface area (Å²) in [5.74, 6) is 0.0185. The number of amides is 1. The maximum atomic E-state index is 11.8. The Morgan fingerprint density at radius 1 is 1.54 bits per heavy atom. The molecule has 2 heterocycles. The number of hydrogen-bond donors (Lipinski definition) is 2. The van der Waals surface area contributed by atoms with Gasteiger partial charge in [0.05, 0.1) is 18.7 Å². The van der Waals surface area contributed by atoms with Crippen molar-refractivity contribution in [1.29, 1.82) is 5.26 Å². The molecular formula is C20H25N5O3. The second-order valence-corrected chi connectivity index (χ2v) is 6.75. The predicted octanol–water partition coefficient (Wildman–Crippen LogP) is 1.07. The lowest BCUT2D eigenvalue weighted by Crippen LogP contribution is -2.42. The quantitative estimate of drug-likeness (QED) is 0.655. The average Bonchev–Trinajstić information content (AvgIpc) is 3.12. The first-order valence-electron chi connectivity index (χ1n) is 9.31. The molecule has 8 heteroatoms. The minimum atomic E-state index is -0.806. The van der Waals surface area contributed by atoms with E-state index >= 15 is 0 Å². The van der Waals surface area contributed by atoms with Gasteiger partial charge in [-0.2, -0.15) is 5.26 Å². The highest BCUT2D eigenvalue weighted by molar-refractivity contribution is 5.82. The lowest BCUT2D eigenvalue weighted by molar-refractivity contribution is -0.122. The van der Waals surface area contributed by atoms with Gasteiger partial charge in [0.2, 0.25) is 5.91 Å². The Hall–Kier alpha value is -2.73. The molecule has 1 aliphatic heterocycles. The summed E-state index contributed by atoms with van der Waals surface area (Å²) in [5.41, 5.74) is 9.70. The van der Waals surface area contributed by atoms with Crippen molar-refractivity contribution in [2.24, 2.45) is 5.73 Å². The number of aromatic nitrogens is 1. The molecule has 148 valence electrons. The average molecular weight is 383 g/mol. The predicted molar refractivity (Wildman–Crippen MR) is 105 cm³/mol. The Kier molecular flexibility index (Phi) is 6.76. The molecule has 8 nitrogen and oxygen atoms in total. The first-order valence-corrected chi connectivity index (χ1v) is 9.31. The van der Waals surface area contributed by atoms with Crippen LogP contribution in [0.15, 0.2) is 28.7 Å². The third-order valence-corrected chi connectivity index (χ3v) is 4.78. The maximum absolute atomic E-state index is 11.8. The number of nitrogens with zero attached hydrogens (tertiary/aromatic N) is 3. The number of nitrogens with two attached hydrogens (primary N) is 1. The van der Waals surface area contributed by atoms with Crippen molar-refractivity contribution in [3.63, 3.8) is 0 Å². The summed E-state index contributed by atoms with van der Waals surface area (Å²) < 4.78 is 10.9. The van der Waals surface area contributed by atoms with E-state index in [1.165, 1.54) is 5.57 Å². The van der Waals surface area contributed by atoms with Crippen molar-refractivity contribution in [1.82, 2.24) is 15.2 Å². The highest BCUT2D eigenvalue weighted by Gasteiger charge is 2.18. The summed E-state index contributed by atoms with van der Waals surface area (Å²) in [7, 11) is 1.72. The van der Waals surface area contributed by atoms with Crippen LogP contribution in [-0.4, -0.2) is 61.7 Å². The minimum Gasteiger partial charge on any atom is -0.441 e. The van der Waals surface area contributed by atoms with Crippen molar-refractivity contribution in [3.8, 4) is 6.07 Å². The molecule has 0 spiro atoms. The van der Waals surface area contributed by atoms with Crippen molar-refractivity contribution in [2.45, 2.75) is 18.9 Å². The summed E-state index contributed by atoms with van der Waals surface area (Å²) in [6, 6.07) is 7.01. The second-order valence-electron chi connectivity index (χ2n) is 6.75. The monoisotopic (exact) mass is 383 g/mol. The van der Waals surface area contributed by atoms with Gasteiger partial charge in [0.25, 0.3) is 0 Å². The molecule has 0 saturated heterocycles. The molecule has 1 aromatic carbocycles. The minimum absolute atomic E-state index is 0.0680. The van der Waals surface area contributed by atoms with E-state index in [4.69, 9.17) is 20.1 Å². The van der Waals surface area contributed by atoms with E-state index in [0.29, 0.717) is 11.5 Å². The molecule has 3 N–H and O–H groups in total. The van der Waals surface area contributed by atoms with Crippen LogP contribution in [0.25, 0.3) is 16.7 Å². The number of hydrogen-bond acceptors (Lipinski definition) is 7. The van der Waals surface area contributed by atoms with E-state index in [2.05, 4.69) is 21.3 Å². The number of carbonyl (C=O) groups excluding carboxylic acids is 1. The number of nitrogens with one attached hydrogen (secondary N) is 1. The zero-order chi connectivity index (χ0) is 19.9. The molecule has 0 aliphatic carbocycles. The zero-order valence-electron chi connectivity index (χ0n) is 16.0. The van der Waals surface area contributed by atoms with Gasteiger partial charge in [-0.1, -0.05) is 12.1 Å². The van der Waals surface area contributed by atoms with E-state index in [9.17, 15) is 4.79 Å². The molecule has 1 aromatic heterocycles. The number of oxazole rings is 1. The van der Waals surface area contributed by atoms with Crippen LogP contribution in [0.4, 0.5) is 0 Å². The molecule has 3 rings (SSSR count). The number of fused-ring (bicyclic) bond motifs is 1. The van der Waals surface area contributed by atoms with Crippen LogP contribution in [0.1, 0.15) is 17.9 Å². The van der Waals surface area contributed by atoms with Crippen molar-refractivity contribution in [2.75, 3.05) is 39.9 Å². The summed E-state index contributed by atoms with van der Waals surface area (Å²) in [4.78, 5) is 18.6. The third kappa shape index (κ3) is 4.95. The lowest BCUT2D eigenvalue weighted by atomic mass is 9.99. The Balaban J connectivity index is 1.67. The highest BCUT2D eigenvalue weighted by atomic mass is 16.5. The Labute approximate surface area is 163 Å². The zero-order valence-corrected chi connectivity index (χ0v) is 16.0. The largest absolute Gasteiger partial charge is 0.441 e. The molecule has 1 amide bonds. The highest BCUT2D eigenvalue weighted by Crippen LogP contribution is 2.26. The number of ether oxygens (including phenoxy) is 1. The normalized spacial score (nSPS) is 15.8. The fraction of sp³-hybridized carbons (Fsp3) is 0.450. The molecule has 1 aliphatic rings. The van der Waals surface area contributed by atoms with Crippen molar-refractivity contribution < 1.29 is 13.9 Å². The Morgan fingerprint density at radius 3 is 3.11 bits per heavy atom. The van der Waals surface area contributed by atoms with E-state index in [-0.39, 0.29) is 13.0 Å². The molecule has 0 bridgehead atoms. The van der Waals surface area contributed by atoms with Crippen LogP contribution < -0.4 is 11.1 Å². The lowest BCUT2D eigenvalue weighted by Gasteiger charge is -2.26. The van der Waals surface area contributed by atoms with Crippen LogP contribution >= 0.6 is 0 Å². The van der Waals surface area contributed by atoms with E-state index in [1.54, 1.807) is 7.11 Å². The maximum Gasteiger partial charge on any atom is 0.238 e. The molecule has 2 aromatic rings. The Morgan fingerprint density at radius 2 is 2.39 bits per heavy atom. The summed E-state index contributed by atoms with van der Waals surface area (Å²) in [5, 5.41) is 11.0. The first-order chi connectivity index (χ1) is 13.6. The van der Waals surface area contributed by atoms with Crippen LogP contribution in [0.2, 0.25) is 0 Å².